The van der Waals surface area contributed by atoms with Crippen LogP contribution in [0.25, 0.3) is 0 Å². The van der Waals surface area contributed by atoms with Gasteiger partial charge in [0, 0.05) is 13.1 Å². The molecule has 0 atom stereocenters. The highest BCUT2D eigenvalue weighted by Gasteiger charge is 2.16. The van der Waals surface area contributed by atoms with E-state index in [0.29, 0.717) is 11.7 Å². The summed E-state index contributed by atoms with van der Waals surface area (Å²) in [5.41, 5.74) is 5.36. The van der Waals surface area contributed by atoms with Gasteiger partial charge in [-0.3, -0.25) is 4.79 Å². The molecule has 0 saturated carbocycles. The minimum atomic E-state index is 0.305. The van der Waals surface area contributed by atoms with Gasteiger partial charge in [0.05, 0.1) is 5.75 Å². The Morgan fingerprint density at radius 3 is 2.69 bits per heavy atom. The Labute approximate surface area is 84.0 Å². The third-order valence-electron chi connectivity index (χ3n) is 2.18. The number of nitrogens with two attached hydrogens (primary N) is 1. The van der Waals surface area contributed by atoms with E-state index in [1.54, 1.807) is 11.8 Å². The summed E-state index contributed by atoms with van der Waals surface area (Å²) in [4.78, 5) is 13.5. The van der Waals surface area contributed by atoms with Crippen LogP contribution < -0.4 is 5.73 Å². The van der Waals surface area contributed by atoms with Crippen molar-refractivity contribution < 1.29 is 4.79 Å². The van der Waals surface area contributed by atoms with Crippen LogP contribution in [0.4, 0.5) is 0 Å². The Balaban J connectivity index is 2.03. The maximum atomic E-state index is 11.5. The number of hydrogen-bond donors (Lipinski definition) is 1. The number of carbonyl (C=O) groups excluding carboxylic acids is 1. The van der Waals surface area contributed by atoms with E-state index in [9.17, 15) is 4.79 Å². The molecule has 0 aliphatic carbocycles. The van der Waals surface area contributed by atoms with Crippen LogP contribution in [0.1, 0.15) is 19.3 Å². The van der Waals surface area contributed by atoms with Crippen molar-refractivity contribution in [2.45, 2.75) is 19.3 Å². The highest BCUT2D eigenvalue weighted by atomic mass is 32.2. The molecule has 1 aliphatic heterocycles. The maximum Gasteiger partial charge on any atom is 0.232 e. The molecule has 0 spiro atoms. The standard InChI is InChI=1S/C9H18N2OS/c10-4-3-7-13-8-9(12)11-5-1-2-6-11/h1-8,10H2. The molecule has 0 aromatic rings. The van der Waals surface area contributed by atoms with Crippen LogP contribution in [0.15, 0.2) is 0 Å². The van der Waals surface area contributed by atoms with Crippen molar-refractivity contribution >= 4 is 17.7 Å². The number of carbonyl (C=O) groups is 1. The van der Waals surface area contributed by atoms with E-state index in [2.05, 4.69) is 0 Å². The van der Waals surface area contributed by atoms with Gasteiger partial charge in [0.1, 0.15) is 0 Å². The van der Waals surface area contributed by atoms with Gasteiger partial charge in [-0.15, -0.1) is 0 Å². The number of thioether (sulfide) groups is 1. The first-order chi connectivity index (χ1) is 6.34. The van der Waals surface area contributed by atoms with Crippen molar-refractivity contribution in [3.8, 4) is 0 Å². The van der Waals surface area contributed by atoms with Gasteiger partial charge in [-0.05, 0) is 31.6 Å². The molecule has 0 aromatic heterocycles. The minimum absolute atomic E-state index is 0.305. The summed E-state index contributed by atoms with van der Waals surface area (Å²) < 4.78 is 0. The summed E-state index contributed by atoms with van der Waals surface area (Å²) in [6.07, 6.45) is 3.37. The minimum Gasteiger partial charge on any atom is -0.342 e. The molecule has 1 aliphatic rings. The van der Waals surface area contributed by atoms with Gasteiger partial charge < -0.3 is 10.6 Å². The zero-order chi connectivity index (χ0) is 9.52. The molecule has 2 N–H and O–H groups in total. The molecule has 1 saturated heterocycles. The first-order valence-corrected chi connectivity index (χ1v) is 6.05. The second-order valence-electron chi connectivity index (χ2n) is 3.28. The summed E-state index contributed by atoms with van der Waals surface area (Å²) in [7, 11) is 0. The van der Waals surface area contributed by atoms with Crippen LogP contribution in [0, 0.1) is 0 Å². The van der Waals surface area contributed by atoms with Crippen molar-refractivity contribution in [1.29, 1.82) is 0 Å². The lowest BCUT2D eigenvalue weighted by Crippen LogP contribution is -2.29. The molecule has 76 valence electrons. The van der Waals surface area contributed by atoms with Crippen molar-refractivity contribution in [2.75, 3.05) is 31.1 Å². The predicted octanol–water partition coefficient (Wildman–Crippen LogP) is 0.691. The normalized spacial score (nSPS) is 16.5. The fourth-order valence-electron chi connectivity index (χ4n) is 1.40. The molecule has 13 heavy (non-hydrogen) atoms. The van der Waals surface area contributed by atoms with Crippen LogP contribution in [-0.2, 0) is 4.79 Å². The molecule has 0 bridgehead atoms. The Kier molecular flexibility index (Phi) is 5.23. The quantitative estimate of drug-likeness (QED) is 0.667. The first kappa shape index (κ1) is 10.9. The molecule has 1 fully saturated rings. The zero-order valence-corrected chi connectivity index (χ0v) is 8.81. The van der Waals surface area contributed by atoms with Crippen molar-refractivity contribution in [3.63, 3.8) is 0 Å². The van der Waals surface area contributed by atoms with Crippen molar-refractivity contribution in [1.82, 2.24) is 4.90 Å². The van der Waals surface area contributed by atoms with Gasteiger partial charge in [0.15, 0.2) is 0 Å². The van der Waals surface area contributed by atoms with E-state index >= 15 is 0 Å². The lowest BCUT2D eigenvalue weighted by Gasteiger charge is -2.14. The van der Waals surface area contributed by atoms with Gasteiger partial charge in [-0.25, -0.2) is 0 Å². The average Bonchev–Trinajstić information content (AvgIpc) is 2.65. The van der Waals surface area contributed by atoms with E-state index < -0.39 is 0 Å². The van der Waals surface area contributed by atoms with Gasteiger partial charge in [-0.1, -0.05) is 0 Å². The number of amides is 1. The molecule has 4 heteroatoms. The fraction of sp³-hybridized carbons (Fsp3) is 0.889. The number of rotatable bonds is 5. The van der Waals surface area contributed by atoms with Crippen LogP contribution in [-0.4, -0.2) is 41.9 Å². The highest BCUT2D eigenvalue weighted by Crippen LogP contribution is 2.10. The Hall–Kier alpha value is -0.220. The van der Waals surface area contributed by atoms with E-state index in [-0.39, 0.29) is 0 Å². The molecular weight excluding hydrogens is 184 g/mol. The monoisotopic (exact) mass is 202 g/mol. The van der Waals surface area contributed by atoms with Crippen molar-refractivity contribution in [3.05, 3.63) is 0 Å². The molecule has 1 rings (SSSR count). The zero-order valence-electron chi connectivity index (χ0n) is 8.00. The van der Waals surface area contributed by atoms with Gasteiger partial charge in [0.25, 0.3) is 0 Å². The summed E-state index contributed by atoms with van der Waals surface area (Å²) in [5, 5.41) is 0. The van der Waals surface area contributed by atoms with Crippen molar-refractivity contribution in [2.24, 2.45) is 5.73 Å². The molecule has 0 radical (unpaired) electrons. The average molecular weight is 202 g/mol. The smallest absolute Gasteiger partial charge is 0.232 e. The fourth-order valence-corrected chi connectivity index (χ4v) is 2.28. The molecule has 1 heterocycles. The third kappa shape index (κ3) is 4.00. The summed E-state index contributed by atoms with van der Waals surface area (Å²) in [6.45, 7) is 2.66. The first-order valence-electron chi connectivity index (χ1n) is 4.90. The van der Waals surface area contributed by atoms with Gasteiger partial charge in [0.2, 0.25) is 5.91 Å². The number of hydrogen-bond acceptors (Lipinski definition) is 3. The highest BCUT2D eigenvalue weighted by molar-refractivity contribution is 7.99. The van der Waals surface area contributed by atoms with E-state index in [1.807, 2.05) is 4.90 Å². The number of nitrogens with zero attached hydrogens (tertiary/aromatic N) is 1. The molecule has 0 aromatic carbocycles. The van der Waals surface area contributed by atoms with E-state index in [1.165, 1.54) is 12.8 Å². The topological polar surface area (TPSA) is 46.3 Å². The Bertz CT molecular complexity index is 158. The SMILES string of the molecule is NCCCSCC(=O)N1CCCC1. The van der Waals surface area contributed by atoms with Crippen LogP contribution >= 0.6 is 11.8 Å². The second-order valence-corrected chi connectivity index (χ2v) is 4.39. The summed E-state index contributed by atoms with van der Waals surface area (Å²) in [5.74, 6) is 1.95. The lowest BCUT2D eigenvalue weighted by molar-refractivity contribution is -0.127. The van der Waals surface area contributed by atoms with Gasteiger partial charge >= 0.3 is 0 Å². The molecule has 3 nitrogen and oxygen atoms in total. The number of likely N-dealkylation sites (tertiary alicyclic amines) is 1. The largest absolute Gasteiger partial charge is 0.342 e. The molecule has 0 unspecified atom stereocenters. The lowest BCUT2D eigenvalue weighted by atomic mass is 10.4. The third-order valence-corrected chi connectivity index (χ3v) is 3.21. The van der Waals surface area contributed by atoms with Crippen LogP contribution in [0.3, 0.4) is 0 Å². The molecular formula is C9H18N2OS. The van der Waals surface area contributed by atoms with E-state index in [0.717, 1.165) is 31.8 Å². The maximum absolute atomic E-state index is 11.5. The van der Waals surface area contributed by atoms with Gasteiger partial charge in [-0.2, -0.15) is 11.8 Å². The predicted molar refractivity (Wildman–Crippen MR) is 56.8 cm³/mol. The van der Waals surface area contributed by atoms with Crippen LogP contribution in [0.2, 0.25) is 0 Å². The second kappa shape index (κ2) is 6.27. The summed E-state index contributed by atoms with van der Waals surface area (Å²) in [6, 6.07) is 0. The van der Waals surface area contributed by atoms with Crippen LogP contribution in [0.5, 0.6) is 0 Å². The summed E-state index contributed by atoms with van der Waals surface area (Å²) >= 11 is 1.70. The molecule has 1 amide bonds. The Morgan fingerprint density at radius 2 is 2.08 bits per heavy atom. The van der Waals surface area contributed by atoms with E-state index in [4.69, 9.17) is 5.73 Å². The Morgan fingerprint density at radius 1 is 1.38 bits per heavy atom.